The van der Waals surface area contributed by atoms with Crippen molar-refractivity contribution >= 4 is 27.3 Å². The van der Waals surface area contributed by atoms with Crippen LogP contribution in [0.4, 0.5) is 11.4 Å². The van der Waals surface area contributed by atoms with Crippen LogP contribution in [0.2, 0.25) is 0 Å². The summed E-state index contributed by atoms with van der Waals surface area (Å²) in [6, 6.07) is 6.08. The molecule has 0 radical (unpaired) electrons. The fraction of sp³-hybridized carbons (Fsp3) is 0.625. The lowest BCUT2D eigenvalue weighted by atomic mass is 9.78. The number of nitrogens with one attached hydrogen (secondary N) is 1. The van der Waals surface area contributed by atoms with Crippen LogP contribution in [0.5, 0.6) is 0 Å². The number of rotatable bonds is 5. The zero-order chi connectivity index (χ0) is 13.9. The number of nitrogen functional groups attached to an aromatic ring is 1. The molecule has 19 heavy (non-hydrogen) atoms. The van der Waals surface area contributed by atoms with Crippen molar-refractivity contribution in [3.63, 3.8) is 0 Å². The van der Waals surface area contributed by atoms with Crippen LogP contribution in [0.1, 0.15) is 46.0 Å². The van der Waals surface area contributed by atoms with Crippen molar-refractivity contribution < 1.29 is 0 Å². The van der Waals surface area contributed by atoms with Gasteiger partial charge in [0.15, 0.2) is 0 Å². The summed E-state index contributed by atoms with van der Waals surface area (Å²) < 4.78 is 1.04. The molecule has 1 aromatic carbocycles. The summed E-state index contributed by atoms with van der Waals surface area (Å²) in [4.78, 5) is 0. The molecule has 1 fully saturated rings. The second-order valence-corrected chi connectivity index (χ2v) is 7.31. The standard InChI is InChI=1S/C16H25BrN2/c1-12(2)10-16(7-3-4-8-16)11-19-15-6-5-13(17)9-14(15)18/h5-6,9,12,19H,3-4,7-8,10-11,18H2,1-2H3. The maximum Gasteiger partial charge on any atom is 0.0574 e. The molecule has 3 N–H and O–H groups in total. The van der Waals surface area contributed by atoms with E-state index >= 15 is 0 Å². The number of nitrogens with two attached hydrogens (primary N) is 1. The molecule has 0 aliphatic heterocycles. The molecule has 0 unspecified atom stereocenters. The second-order valence-electron chi connectivity index (χ2n) is 6.39. The molecule has 0 atom stereocenters. The molecule has 106 valence electrons. The minimum Gasteiger partial charge on any atom is -0.397 e. The van der Waals surface area contributed by atoms with Gasteiger partial charge in [-0.2, -0.15) is 0 Å². The van der Waals surface area contributed by atoms with Gasteiger partial charge in [0, 0.05) is 11.0 Å². The zero-order valence-corrected chi connectivity index (χ0v) is 13.6. The summed E-state index contributed by atoms with van der Waals surface area (Å²) in [7, 11) is 0. The molecule has 0 heterocycles. The molecular weight excluding hydrogens is 300 g/mol. The lowest BCUT2D eigenvalue weighted by Gasteiger charge is -2.32. The molecule has 0 aromatic heterocycles. The molecule has 0 amide bonds. The maximum absolute atomic E-state index is 6.06. The molecule has 0 spiro atoms. The van der Waals surface area contributed by atoms with Gasteiger partial charge in [-0.05, 0) is 48.8 Å². The molecule has 1 saturated carbocycles. The number of hydrogen-bond donors (Lipinski definition) is 2. The van der Waals surface area contributed by atoms with E-state index in [1.54, 1.807) is 0 Å². The molecule has 2 nitrogen and oxygen atoms in total. The van der Waals surface area contributed by atoms with Gasteiger partial charge in [-0.3, -0.25) is 0 Å². The van der Waals surface area contributed by atoms with Crippen molar-refractivity contribution in [1.82, 2.24) is 0 Å². The molecular formula is C16H25BrN2. The highest BCUT2D eigenvalue weighted by Gasteiger charge is 2.34. The van der Waals surface area contributed by atoms with E-state index in [-0.39, 0.29) is 0 Å². The summed E-state index contributed by atoms with van der Waals surface area (Å²) >= 11 is 3.45. The molecule has 0 saturated heterocycles. The van der Waals surface area contributed by atoms with Gasteiger partial charge in [-0.1, -0.05) is 42.6 Å². The first-order valence-electron chi connectivity index (χ1n) is 7.30. The number of halogens is 1. The molecule has 2 rings (SSSR count). The monoisotopic (exact) mass is 324 g/mol. The van der Waals surface area contributed by atoms with Crippen LogP contribution in [0.3, 0.4) is 0 Å². The highest BCUT2D eigenvalue weighted by atomic mass is 79.9. The van der Waals surface area contributed by atoms with Gasteiger partial charge in [-0.15, -0.1) is 0 Å². The van der Waals surface area contributed by atoms with E-state index in [0.29, 0.717) is 5.41 Å². The highest BCUT2D eigenvalue weighted by molar-refractivity contribution is 9.10. The van der Waals surface area contributed by atoms with Gasteiger partial charge in [0.05, 0.1) is 11.4 Å². The first kappa shape index (κ1) is 14.7. The van der Waals surface area contributed by atoms with Crippen LogP contribution in [0, 0.1) is 11.3 Å². The third kappa shape index (κ3) is 3.88. The van der Waals surface area contributed by atoms with E-state index in [4.69, 9.17) is 5.73 Å². The van der Waals surface area contributed by atoms with Crippen molar-refractivity contribution in [3.8, 4) is 0 Å². The Bertz CT molecular complexity index is 423. The molecule has 1 aliphatic rings. The van der Waals surface area contributed by atoms with Gasteiger partial charge >= 0.3 is 0 Å². The Balaban J connectivity index is 2.02. The van der Waals surface area contributed by atoms with Crippen LogP contribution in [0.25, 0.3) is 0 Å². The predicted octanol–water partition coefficient (Wildman–Crippen LogP) is 5.05. The zero-order valence-electron chi connectivity index (χ0n) is 12.0. The Morgan fingerprint density at radius 3 is 2.58 bits per heavy atom. The average molecular weight is 325 g/mol. The van der Waals surface area contributed by atoms with E-state index in [0.717, 1.165) is 28.3 Å². The van der Waals surface area contributed by atoms with Gasteiger partial charge in [-0.25, -0.2) is 0 Å². The smallest absolute Gasteiger partial charge is 0.0574 e. The lowest BCUT2D eigenvalue weighted by Crippen LogP contribution is -2.28. The largest absolute Gasteiger partial charge is 0.397 e. The molecule has 1 aliphatic carbocycles. The van der Waals surface area contributed by atoms with Crippen molar-refractivity contribution in [2.24, 2.45) is 11.3 Å². The van der Waals surface area contributed by atoms with Crippen molar-refractivity contribution in [2.45, 2.75) is 46.0 Å². The van der Waals surface area contributed by atoms with E-state index in [1.165, 1.54) is 32.1 Å². The third-order valence-corrected chi connectivity index (χ3v) is 4.67. The lowest BCUT2D eigenvalue weighted by molar-refractivity contribution is 0.252. The van der Waals surface area contributed by atoms with Crippen molar-refractivity contribution in [1.29, 1.82) is 0 Å². The van der Waals surface area contributed by atoms with Crippen molar-refractivity contribution in [2.75, 3.05) is 17.6 Å². The van der Waals surface area contributed by atoms with E-state index < -0.39 is 0 Å². The first-order valence-corrected chi connectivity index (χ1v) is 8.09. The minimum atomic E-state index is 0.480. The topological polar surface area (TPSA) is 38.0 Å². The highest BCUT2D eigenvalue weighted by Crippen LogP contribution is 2.43. The van der Waals surface area contributed by atoms with Crippen LogP contribution < -0.4 is 11.1 Å². The van der Waals surface area contributed by atoms with Crippen LogP contribution in [-0.2, 0) is 0 Å². The number of hydrogen-bond acceptors (Lipinski definition) is 2. The van der Waals surface area contributed by atoms with Gasteiger partial charge < -0.3 is 11.1 Å². The van der Waals surface area contributed by atoms with Gasteiger partial charge in [0.2, 0.25) is 0 Å². The Morgan fingerprint density at radius 2 is 2.00 bits per heavy atom. The minimum absolute atomic E-state index is 0.480. The summed E-state index contributed by atoms with van der Waals surface area (Å²) in [5.74, 6) is 0.766. The molecule has 0 bridgehead atoms. The van der Waals surface area contributed by atoms with E-state index in [1.807, 2.05) is 12.1 Å². The maximum atomic E-state index is 6.06. The molecule has 3 heteroatoms. The normalized spacial score (nSPS) is 17.9. The Hall–Kier alpha value is -0.700. The molecule has 1 aromatic rings. The fourth-order valence-electron chi connectivity index (χ4n) is 3.42. The fourth-order valence-corrected chi connectivity index (χ4v) is 3.80. The Labute approximate surface area is 125 Å². The Kier molecular flexibility index (Phi) is 4.77. The quantitative estimate of drug-likeness (QED) is 0.744. The van der Waals surface area contributed by atoms with E-state index in [2.05, 4.69) is 41.2 Å². The first-order chi connectivity index (χ1) is 9.01. The van der Waals surface area contributed by atoms with Gasteiger partial charge in [0.1, 0.15) is 0 Å². The second kappa shape index (κ2) is 6.17. The average Bonchev–Trinajstić information content (AvgIpc) is 2.76. The summed E-state index contributed by atoms with van der Waals surface area (Å²) in [5, 5.41) is 3.58. The van der Waals surface area contributed by atoms with Crippen molar-refractivity contribution in [3.05, 3.63) is 22.7 Å². The summed E-state index contributed by atoms with van der Waals surface area (Å²) in [5.41, 5.74) is 8.43. The number of anilines is 2. The van der Waals surface area contributed by atoms with Crippen LogP contribution in [-0.4, -0.2) is 6.54 Å². The van der Waals surface area contributed by atoms with Crippen LogP contribution in [0.15, 0.2) is 22.7 Å². The number of benzene rings is 1. The SMILES string of the molecule is CC(C)CC1(CNc2ccc(Br)cc2N)CCCC1. The van der Waals surface area contributed by atoms with Crippen LogP contribution >= 0.6 is 15.9 Å². The van der Waals surface area contributed by atoms with E-state index in [9.17, 15) is 0 Å². The van der Waals surface area contributed by atoms with Gasteiger partial charge in [0.25, 0.3) is 0 Å². The Morgan fingerprint density at radius 1 is 1.32 bits per heavy atom. The third-order valence-electron chi connectivity index (χ3n) is 4.17. The predicted molar refractivity (Wildman–Crippen MR) is 87.4 cm³/mol. The summed E-state index contributed by atoms with van der Waals surface area (Å²) in [6.45, 7) is 5.71. The summed E-state index contributed by atoms with van der Waals surface area (Å²) in [6.07, 6.45) is 6.79.